The number of hydrogen-bond donors (Lipinski definition) is 2. The van der Waals surface area contributed by atoms with Gasteiger partial charge in [-0.1, -0.05) is 23.7 Å². The van der Waals surface area contributed by atoms with Crippen molar-refractivity contribution in [3.8, 4) is 0 Å². The molecule has 1 saturated carbocycles. The van der Waals surface area contributed by atoms with Crippen LogP contribution in [0.5, 0.6) is 0 Å². The lowest BCUT2D eigenvalue weighted by Crippen LogP contribution is -2.35. The summed E-state index contributed by atoms with van der Waals surface area (Å²) in [5, 5.41) is 12.2. The van der Waals surface area contributed by atoms with Crippen LogP contribution < -0.4 is 5.32 Å². The molecule has 92 valence electrons. The number of rotatable bonds is 5. The number of nitrogens with one attached hydrogen (secondary N) is 1. The van der Waals surface area contributed by atoms with Crippen molar-refractivity contribution in [2.75, 3.05) is 13.2 Å². The molecule has 0 saturated heterocycles. The molecule has 0 aliphatic heterocycles. The summed E-state index contributed by atoms with van der Waals surface area (Å²) in [5.74, 6) is 0.0493. The second-order valence-electron chi connectivity index (χ2n) is 4.43. The van der Waals surface area contributed by atoms with Gasteiger partial charge in [0.25, 0.3) is 0 Å². The lowest BCUT2D eigenvalue weighted by molar-refractivity contribution is -0.123. The average Bonchev–Trinajstić information content (AvgIpc) is 3.10. The van der Waals surface area contributed by atoms with Gasteiger partial charge in [-0.05, 0) is 37.0 Å². The highest BCUT2D eigenvalue weighted by Crippen LogP contribution is 2.48. The maximum atomic E-state index is 12.1. The summed E-state index contributed by atoms with van der Waals surface area (Å²) in [4.78, 5) is 12.1. The Morgan fingerprint density at radius 3 is 2.82 bits per heavy atom. The van der Waals surface area contributed by atoms with Crippen LogP contribution >= 0.6 is 11.6 Å². The van der Waals surface area contributed by atoms with Gasteiger partial charge < -0.3 is 10.4 Å². The van der Waals surface area contributed by atoms with Crippen molar-refractivity contribution in [2.24, 2.45) is 0 Å². The van der Waals surface area contributed by atoms with Crippen LogP contribution in [-0.4, -0.2) is 24.2 Å². The molecule has 1 aliphatic rings. The first-order valence-corrected chi connectivity index (χ1v) is 6.22. The highest BCUT2D eigenvalue weighted by molar-refractivity contribution is 6.30. The third-order valence-electron chi connectivity index (χ3n) is 3.18. The second kappa shape index (κ2) is 5.07. The zero-order chi connectivity index (χ0) is 12.3. The van der Waals surface area contributed by atoms with Crippen LogP contribution in [-0.2, 0) is 10.2 Å². The first kappa shape index (κ1) is 12.4. The zero-order valence-corrected chi connectivity index (χ0v) is 10.3. The van der Waals surface area contributed by atoms with E-state index in [0.717, 1.165) is 18.4 Å². The van der Waals surface area contributed by atoms with Gasteiger partial charge in [0.2, 0.25) is 5.91 Å². The molecule has 0 spiro atoms. The number of benzene rings is 1. The lowest BCUT2D eigenvalue weighted by atomic mass is 9.95. The number of carbonyl (C=O) groups excluding carboxylic acids is 1. The summed E-state index contributed by atoms with van der Waals surface area (Å²) in [7, 11) is 0. The quantitative estimate of drug-likeness (QED) is 0.787. The standard InChI is InChI=1S/C13H16ClNO2/c14-11-4-1-3-10(9-11)13(5-6-13)12(17)15-7-2-8-16/h1,3-4,9,16H,2,5-8H2,(H,15,17). The van der Waals surface area contributed by atoms with E-state index in [9.17, 15) is 4.79 Å². The van der Waals surface area contributed by atoms with Crippen molar-refractivity contribution in [2.45, 2.75) is 24.7 Å². The predicted octanol–water partition coefficient (Wildman–Crippen LogP) is 1.87. The molecule has 2 rings (SSSR count). The predicted molar refractivity (Wildman–Crippen MR) is 67.1 cm³/mol. The molecule has 0 bridgehead atoms. The fourth-order valence-corrected chi connectivity index (χ4v) is 2.20. The lowest BCUT2D eigenvalue weighted by Gasteiger charge is -2.15. The average molecular weight is 254 g/mol. The smallest absolute Gasteiger partial charge is 0.230 e. The van der Waals surface area contributed by atoms with Crippen molar-refractivity contribution < 1.29 is 9.90 Å². The fraction of sp³-hybridized carbons (Fsp3) is 0.462. The van der Waals surface area contributed by atoms with Crippen molar-refractivity contribution in [1.29, 1.82) is 0 Å². The Kier molecular flexibility index (Phi) is 3.69. The van der Waals surface area contributed by atoms with Crippen LogP contribution in [0.4, 0.5) is 0 Å². The highest BCUT2D eigenvalue weighted by atomic mass is 35.5. The number of hydrogen-bond acceptors (Lipinski definition) is 2. The molecule has 1 aromatic rings. The Balaban J connectivity index is 2.06. The van der Waals surface area contributed by atoms with E-state index in [-0.39, 0.29) is 17.9 Å². The molecule has 3 nitrogen and oxygen atoms in total. The Morgan fingerprint density at radius 2 is 2.24 bits per heavy atom. The molecule has 0 aromatic heterocycles. The van der Waals surface area contributed by atoms with Gasteiger partial charge in [-0.3, -0.25) is 4.79 Å². The Hall–Kier alpha value is -1.06. The highest BCUT2D eigenvalue weighted by Gasteiger charge is 2.51. The van der Waals surface area contributed by atoms with Crippen LogP contribution in [0.25, 0.3) is 0 Å². The second-order valence-corrected chi connectivity index (χ2v) is 4.86. The van der Waals surface area contributed by atoms with E-state index in [1.54, 1.807) is 0 Å². The molecule has 1 amide bonds. The van der Waals surface area contributed by atoms with Crippen molar-refractivity contribution in [3.05, 3.63) is 34.9 Å². The minimum Gasteiger partial charge on any atom is -0.396 e. The van der Waals surface area contributed by atoms with Gasteiger partial charge in [-0.25, -0.2) is 0 Å². The maximum Gasteiger partial charge on any atom is 0.230 e. The number of aliphatic hydroxyl groups is 1. The van der Waals surface area contributed by atoms with Gasteiger partial charge in [0.15, 0.2) is 0 Å². The zero-order valence-electron chi connectivity index (χ0n) is 9.58. The molecule has 1 fully saturated rings. The van der Waals surface area contributed by atoms with E-state index in [4.69, 9.17) is 16.7 Å². The van der Waals surface area contributed by atoms with E-state index in [1.165, 1.54) is 0 Å². The summed E-state index contributed by atoms with van der Waals surface area (Å²) in [6.45, 7) is 0.627. The minimum absolute atomic E-state index is 0.0493. The monoisotopic (exact) mass is 253 g/mol. The topological polar surface area (TPSA) is 49.3 Å². The largest absolute Gasteiger partial charge is 0.396 e. The van der Waals surface area contributed by atoms with E-state index in [2.05, 4.69) is 5.32 Å². The fourth-order valence-electron chi connectivity index (χ4n) is 2.01. The number of carbonyl (C=O) groups is 1. The van der Waals surface area contributed by atoms with E-state index >= 15 is 0 Å². The molecule has 17 heavy (non-hydrogen) atoms. The third-order valence-corrected chi connectivity index (χ3v) is 3.42. The van der Waals surface area contributed by atoms with Crippen LogP contribution in [0.3, 0.4) is 0 Å². The van der Waals surface area contributed by atoms with Gasteiger partial charge in [-0.15, -0.1) is 0 Å². The molecule has 1 aromatic carbocycles. The maximum absolute atomic E-state index is 12.1. The van der Waals surface area contributed by atoms with Gasteiger partial charge in [0.1, 0.15) is 0 Å². The molecule has 2 N–H and O–H groups in total. The van der Waals surface area contributed by atoms with Crippen LogP contribution in [0.15, 0.2) is 24.3 Å². The summed E-state index contributed by atoms with van der Waals surface area (Å²) in [5.41, 5.74) is 0.617. The van der Waals surface area contributed by atoms with Crippen LogP contribution in [0.1, 0.15) is 24.8 Å². The minimum atomic E-state index is -0.375. The van der Waals surface area contributed by atoms with Crippen molar-refractivity contribution in [1.82, 2.24) is 5.32 Å². The molecular formula is C13H16ClNO2. The normalized spacial score (nSPS) is 16.6. The molecule has 0 radical (unpaired) electrons. The van der Waals surface area contributed by atoms with E-state index in [0.29, 0.717) is 18.0 Å². The molecule has 4 heteroatoms. The van der Waals surface area contributed by atoms with Crippen LogP contribution in [0, 0.1) is 0 Å². The molecular weight excluding hydrogens is 238 g/mol. The van der Waals surface area contributed by atoms with Gasteiger partial charge in [0, 0.05) is 18.2 Å². The van der Waals surface area contributed by atoms with E-state index in [1.807, 2.05) is 24.3 Å². The first-order valence-electron chi connectivity index (χ1n) is 5.84. The molecule has 0 atom stereocenters. The van der Waals surface area contributed by atoms with Crippen molar-refractivity contribution >= 4 is 17.5 Å². The third kappa shape index (κ3) is 2.61. The molecule has 0 heterocycles. The Morgan fingerprint density at radius 1 is 1.47 bits per heavy atom. The Bertz CT molecular complexity index is 416. The first-order chi connectivity index (χ1) is 8.19. The Labute approximate surface area is 106 Å². The summed E-state index contributed by atoms with van der Waals surface area (Å²) < 4.78 is 0. The number of halogens is 1. The van der Waals surface area contributed by atoms with E-state index < -0.39 is 0 Å². The molecule has 0 unspecified atom stereocenters. The molecule has 1 aliphatic carbocycles. The van der Waals surface area contributed by atoms with Gasteiger partial charge >= 0.3 is 0 Å². The number of aliphatic hydroxyl groups excluding tert-OH is 1. The van der Waals surface area contributed by atoms with Crippen LogP contribution in [0.2, 0.25) is 5.02 Å². The SMILES string of the molecule is O=C(NCCCO)C1(c2cccc(Cl)c2)CC1. The van der Waals surface area contributed by atoms with Gasteiger partial charge in [0.05, 0.1) is 5.41 Å². The van der Waals surface area contributed by atoms with Crippen molar-refractivity contribution in [3.63, 3.8) is 0 Å². The summed E-state index contributed by atoms with van der Waals surface area (Å²) in [6, 6.07) is 7.49. The summed E-state index contributed by atoms with van der Waals surface area (Å²) in [6.07, 6.45) is 2.34. The summed E-state index contributed by atoms with van der Waals surface area (Å²) >= 11 is 5.95. The van der Waals surface area contributed by atoms with Gasteiger partial charge in [-0.2, -0.15) is 0 Å². The number of amides is 1.